The molecule has 118 valence electrons. The van der Waals surface area contributed by atoms with Gasteiger partial charge in [0.1, 0.15) is 5.76 Å². The first-order chi connectivity index (χ1) is 10.6. The van der Waals surface area contributed by atoms with Gasteiger partial charge in [0, 0.05) is 24.4 Å². The van der Waals surface area contributed by atoms with Crippen molar-refractivity contribution in [2.75, 3.05) is 0 Å². The first-order valence-corrected chi connectivity index (χ1v) is 7.44. The molecule has 0 unspecified atom stereocenters. The Labute approximate surface area is 128 Å². The molecule has 3 atom stereocenters. The lowest BCUT2D eigenvalue weighted by Gasteiger charge is -2.41. The Hall–Kier alpha value is -2.15. The summed E-state index contributed by atoms with van der Waals surface area (Å²) < 4.78 is 6.80. The van der Waals surface area contributed by atoms with Crippen molar-refractivity contribution in [2.45, 2.75) is 51.3 Å². The van der Waals surface area contributed by atoms with E-state index in [4.69, 9.17) is 4.52 Å². The fourth-order valence-corrected chi connectivity index (χ4v) is 2.95. The van der Waals surface area contributed by atoms with Gasteiger partial charge in [0.25, 0.3) is 0 Å². The maximum absolute atomic E-state index is 12.1. The normalized spacial score (nSPS) is 24.0. The van der Waals surface area contributed by atoms with E-state index in [0.29, 0.717) is 19.3 Å². The van der Waals surface area contributed by atoms with Crippen LogP contribution in [0.1, 0.15) is 35.9 Å². The minimum atomic E-state index is -0.465. The number of aliphatic hydroxyl groups is 1. The van der Waals surface area contributed by atoms with E-state index >= 15 is 0 Å². The molecule has 3 rings (SSSR count). The summed E-state index contributed by atoms with van der Waals surface area (Å²) in [5, 5.41) is 20.9. The van der Waals surface area contributed by atoms with Gasteiger partial charge in [0.15, 0.2) is 0 Å². The highest BCUT2D eigenvalue weighted by molar-refractivity contribution is 5.76. The molecule has 22 heavy (non-hydrogen) atoms. The Balaban J connectivity index is 1.54. The second-order valence-corrected chi connectivity index (χ2v) is 5.76. The van der Waals surface area contributed by atoms with Crippen molar-refractivity contribution < 1.29 is 14.4 Å². The lowest BCUT2D eigenvalue weighted by molar-refractivity contribution is -0.124. The number of carbonyl (C=O) groups excluding carboxylic acids is 1. The van der Waals surface area contributed by atoms with E-state index in [0.717, 1.165) is 17.0 Å². The van der Waals surface area contributed by atoms with Gasteiger partial charge in [0.05, 0.1) is 23.9 Å². The van der Waals surface area contributed by atoms with Crippen molar-refractivity contribution in [1.82, 2.24) is 20.3 Å². The van der Waals surface area contributed by atoms with Crippen molar-refractivity contribution >= 4 is 5.91 Å². The van der Waals surface area contributed by atoms with Crippen LogP contribution >= 0.6 is 0 Å². The number of aromatic nitrogens is 3. The Morgan fingerprint density at radius 1 is 1.55 bits per heavy atom. The van der Waals surface area contributed by atoms with Crippen molar-refractivity contribution in [3.8, 4) is 0 Å². The zero-order chi connectivity index (χ0) is 15.7. The van der Waals surface area contributed by atoms with Crippen LogP contribution in [0.4, 0.5) is 0 Å². The Kier molecular flexibility index (Phi) is 3.98. The van der Waals surface area contributed by atoms with E-state index in [-0.39, 0.29) is 18.0 Å². The molecule has 2 heterocycles. The number of rotatable bonds is 5. The summed E-state index contributed by atoms with van der Waals surface area (Å²) in [6.45, 7) is 3.73. The van der Waals surface area contributed by atoms with E-state index in [1.54, 1.807) is 23.1 Å². The fraction of sp³-hybridized carbons (Fsp3) is 0.533. The number of nitrogens with one attached hydrogen (secondary N) is 1. The third-order valence-corrected chi connectivity index (χ3v) is 4.26. The molecule has 2 aromatic rings. The molecule has 1 aliphatic carbocycles. The molecule has 1 aliphatic rings. The zero-order valence-electron chi connectivity index (χ0n) is 12.7. The average molecular weight is 304 g/mol. The SMILES string of the molecule is Cc1noc(C)c1CCC(=O)N[C@H]1C[C@@H](O)[C@@H]1n1cccn1. The second-order valence-electron chi connectivity index (χ2n) is 5.76. The summed E-state index contributed by atoms with van der Waals surface area (Å²) in [6.07, 6.45) is 4.54. The van der Waals surface area contributed by atoms with Crippen LogP contribution in [0.15, 0.2) is 23.0 Å². The minimum absolute atomic E-state index is 0.0333. The predicted octanol–water partition coefficient (Wildman–Crippen LogP) is 0.911. The second kappa shape index (κ2) is 5.92. The Bertz CT molecular complexity index is 630. The number of nitrogens with zero attached hydrogens (tertiary/aromatic N) is 3. The lowest BCUT2D eigenvalue weighted by atomic mass is 9.83. The van der Waals surface area contributed by atoms with Gasteiger partial charge in [-0.15, -0.1) is 0 Å². The van der Waals surface area contributed by atoms with Crippen LogP contribution in [0.5, 0.6) is 0 Å². The van der Waals surface area contributed by atoms with Crippen molar-refractivity contribution in [1.29, 1.82) is 0 Å². The molecule has 7 nitrogen and oxygen atoms in total. The van der Waals surface area contributed by atoms with E-state index in [1.807, 2.05) is 13.8 Å². The number of amides is 1. The first-order valence-electron chi connectivity index (χ1n) is 7.44. The van der Waals surface area contributed by atoms with Gasteiger partial charge in [-0.3, -0.25) is 9.48 Å². The van der Waals surface area contributed by atoms with Gasteiger partial charge in [-0.1, -0.05) is 5.16 Å². The molecule has 0 bridgehead atoms. The molecule has 0 aliphatic heterocycles. The smallest absolute Gasteiger partial charge is 0.220 e. The molecule has 0 radical (unpaired) electrons. The Morgan fingerprint density at radius 3 is 2.95 bits per heavy atom. The third kappa shape index (κ3) is 2.76. The van der Waals surface area contributed by atoms with Crippen LogP contribution in [0.25, 0.3) is 0 Å². The molecule has 2 N–H and O–H groups in total. The van der Waals surface area contributed by atoms with Crippen LogP contribution in [-0.2, 0) is 11.2 Å². The monoisotopic (exact) mass is 304 g/mol. The molecular formula is C15H20N4O3. The summed E-state index contributed by atoms with van der Waals surface area (Å²) in [7, 11) is 0. The standard InChI is InChI=1S/C15H20N4O3/c1-9-11(10(2)22-18-9)4-5-14(21)17-12-8-13(20)15(12)19-7-3-6-16-19/h3,6-7,12-13,15,20H,4-5,8H2,1-2H3,(H,17,21)/t12-,13+,15+/m0/s1. The maximum Gasteiger partial charge on any atom is 0.220 e. The number of hydrogen-bond donors (Lipinski definition) is 2. The largest absolute Gasteiger partial charge is 0.391 e. The van der Waals surface area contributed by atoms with E-state index in [2.05, 4.69) is 15.6 Å². The lowest BCUT2D eigenvalue weighted by Crippen LogP contribution is -2.56. The van der Waals surface area contributed by atoms with Crippen molar-refractivity contribution in [3.05, 3.63) is 35.5 Å². The van der Waals surface area contributed by atoms with Gasteiger partial charge in [-0.25, -0.2) is 0 Å². The predicted molar refractivity (Wildman–Crippen MR) is 78.1 cm³/mol. The summed E-state index contributed by atoms with van der Waals surface area (Å²) >= 11 is 0. The summed E-state index contributed by atoms with van der Waals surface area (Å²) in [4.78, 5) is 12.1. The molecule has 2 aromatic heterocycles. The van der Waals surface area contributed by atoms with Gasteiger partial charge < -0.3 is 14.9 Å². The van der Waals surface area contributed by atoms with Gasteiger partial charge in [0.2, 0.25) is 5.91 Å². The summed E-state index contributed by atoms with van der Waals surface area (Å²) in [5.41, 5.74) is 1.83. The highest BCUT2D eigenvalue weighted by atomic mass is 16.5. The summed E-state index contributed by atoms with van der Waals surface area (Å²) in [6, 6.07) is 1.55. The van der Waals surface area contributed by atoms with E-state index in [1.165, 1.54) is 0 Å². The van der Waals surface area contributed by atoms with Crippen molar-refractivity contribution in [3.63, 3.8) is 0 Å². The molecule has 7 heteroatoms. The topological polar surface area (TPSA) is 93.2 Å². The number of aliphatic hydroxyl groups excluding tert-OH is 1. The van der Waals surface area contributed by atoms with E-state index < -0.39 is 6.10 Å². The highest BCUT2D eigenvalue weighted by Gasteiger charge is 2.42. The van der Waals surface area contributed by atoms with Gasteiger partial charge in [-0.2, -0.15) is 5.10 Å². The van der Waals surface area contributed by atoms with Gasteiger partial charge >= 0.3 is 0 Å². The van der Waals surface area contributed by atoms with Crippen LogP contribution in [0, 0.1) is 13.8 Å². The van der Waals surface area contributed by atoms with Crippen LogP contribution in [0.3, 0.4) is 0 Å². The zero-order valence-corrected chi connectivity index (χ0v) is 12.7. The van der Waals surface area contributed by atoms with E-state index in [9.17, 15) is 9.90 Å². The maximum atomic E-state index is 12.1. The van der Waals surface area contributed by atoms with Crippen LogP contribution < -0.4 is 5.32 Å². The molecule has 1 amide bonds. The molecule has 0 aromatic carbocycles. The summed E-state index contributed by atoms with van der Waals surface area (Å²) in [5.74, 6) is 0.729. The van der Waals surface area contributed by atoms with Gasteiger partial charge in [-0.05, 0) is 32.8 Å². The quantitative estimate of drug-likeness (QED) is 0.856. The Morgan fingerprint density at radius 2 is 2.36 bits per heavy atom. The number of carbonyl (C=O) groups is 1. The van der Waals surface area contributed by atoms with Crippen molar-refractivity contribution in [2.24, 2.45) is 0 Å². The number of hydrogen-bond acceptors (Lipinski definition) is 5. The fourth-order valence-electron chi connectivity index (χ4n) is 2.95. The molecule has 1 fully saturated rings. The number of aryl methyl sites for hydroxylation is 2. The highest BCUT2D eigenvalue weighted by Crippen LogP contribution is 2.32. The third-order valence-electron chi connectivity index (χ3n) is 4.26. The average Bonchev–Trinajstić information content (AvgIpc) is 3.07. The first kappa shape index (κ1) is 14.8. The van der Waals surface area contributed by atoms with Crippen LogP contribution in [-0.4, -0.2) is 38.1 Å². The molecule has 1 saturated carbocycles. The molecule has 0 saturated heterocycles. The van der Waals surface area contributed by atoms with Crippen LogP contribution in [0.2, 0.25) is 0 Å². The minimum Gasteiger partial charge on any atom is -0.391 e. The molecule has 0 spiro atoms. The molecular weight excluding hydrogens is 284 g/mol.